The summed E-state index contributed by atoms with van der Waals surface area (Å²) >= 11 is 12.2. The van der Waals surface area contributed by atoms with Crippen LogP contribution in [0.15, 0.2) is 71.8 Å². The summed E-state index contributed by atoms with van der Waals surface area (Å²) in [5, 5.41) is 3.59. The van der Waals surface area contributed by atoms with Gasteiger partial charge in [0.2, 0.25) is 0 Å². The van der Waals surface area contributed by atoms with Crippen molar-refractivity contribution in [3.05, 3.63) is 110 Å². The number of benzene rings is 2. The van der Waals surface area contributed by atoms with E-state index in [1.165, 1.54) is 39.6 Å². The first-order chi connectivity index (χ1) is 17.7. The lowest BCUT2D eigenvalue weighted by Crippen LogP contribution is -2.40. The monoisotopic (exact) mass is 537 g/mol. The molecule has 186 valence electrons. The van der Waals surface area contributed by atoms with Gasteiger partial charge in [-0.2, -0.15) is 4.57 Å². The quantitative estimate of drug-likeness (QED) is 0.295. The average Bonchev–Trinajstić information content (AvgIpc) is 3.33. The minimum Gasteiger partial charge on any atom is -0.294 e. The molecule has 37 heavy (non-hydrogen) atoms. The number of hydrogen-bond donors (Lipinski definition) is 1. The summed E-state index contributed by atoms with van der Waals surface area (Å²) in [6, 6.07) is 13.7. The molecule has 0 atom stereocenters. The number of H-pyrrole nitrogens is 1. The van der Waals surface area contributed by atoms with Crippen molar-refractivity contribution < 1.29 is 18.5 Å². The molecule has 0 radical (unpaired) electrons. The van der Waals surface area contributed by atoms with Crippen molar-refractivity contribution in [1.29, 1.82) is 0 Å². The molecule has 0 aliphatic carbocycles. The molecule has 2 aromatic heterocycles. The van der Waals surface area contributed by atoms with Crippen LogP contribution in [0.4, 0.5) is 10.1 Å². The highest BCUT2D eigenvalue weighted by molar-refractivity contribution is 6.53. The first-order valence-electron chi connectivity index (χ1n) is 11.4. The zero-order valence-corrected chi connectivity index (χ0v) is 21.3. The van der Waals surface area contributed by atoms with E-state index < -0.39 is 23.2 Å². The second-order valence-corrected chi connectivity index (χ2v) is 9.28. The molecule has 0 spiro atoms. The molecular formula is C27H20Cl2FN4O3+. The van der Waals surface area contributed by atoms with Crippen LogP contribution >= 0.6 is 23.2 Å². The van der Waals surface area contributed by atoms with Crippen LogP contribution in [0.1, 0.15) is 23.7 Å². The molecule has 3 heterocycles. The first-order valence-corrected chi connectivity index (χ1v) is 12.1. The number of amides is 2. The number of pyridine rings is 1. The van der Waals surface area contributed by atoms with Crippen LogP contribution in [0.2, 0.25) is 10.0 Å². The van der Waals surface area contributed by atoms with E-state index in [2.05, 4.69) is 5.10 Å². The molecule has 7 nitrogen and oxygen atoms in total. The predicted molar refractivity (Wildman–Crippen MR) is 139 cm³/mol. The van der Waals surface area contributed by atoms with Crippen molar-refractivity contribution in [2.45, 2.75) is 20.3 Å². The van der Waals surface area contributed by atoms with Crippen LogP contribution in [-0.4, -0.2) is 21.6 Å². The summed E-state index contributed by atoms with van der Waals surface area (Å²) in [6.45, 7) is 3.64. The fourth-order valence-electron chi connectivity index (χ4n) is 4.37. The molecule has 1 N–H and O–H groups in total. The minimum absolute atomic E-state index is 0.0229. The smallest absolute Gasteiger partial charge is 0.294 e. The molecule has 2 amide bonds. The maximum atomic E-state index is 14.8. The number of aromatic nitrogens is 3. The number of nitrogens with zero attached hydrogens (tertiary/aromatic N) is 3. The summed E-state index contributed by atoms with van der Waals surface area (Å²) in [5.41, 5.74) is 0.725. The lowest BCUT2D eigenvalue weighted by atomic mass is 10.0. The number of imide groups is 1. The predicted octanol–water partition coefficient (Wildman–Crippen LogP) is 4.71. The SMILES string of the molecule is CCc1[nH]n(-c2ccc(Cl)c(Cl)c2)c(=O)c1C1=C([n+]2cccc(C)c2)C(=O)N(c2ccccc2F)C1=O. The molecule has 10 heteroatoms. The van der Waals surface area contributed by atoms with Crippen molar-refractivity contribution >= 4 is 52.0 Å². The Morgan fingerprint density at radius 1 is 0.973 bits per heavy atom. The van der Waals surface area contributed by atoms with Crippen LogP contribution in [0.5, 0.6) is 0 Å². The summed E-state index contributed by atoms with van der Waals surface area (Å²) in [7, 11) is 0. The van der Waals surface area contributed by atoms with Crippen molar-refractivity contribution in [2.24, 2.45) is 0 Å². The van der Waals surface area contributed by atoms with Gasteiger partial charge in [-0.25, -0.2) is 14.0 Å². The van der Waals surface area contributed by atoms with E-state index in [-0.39, 0.29) is 27.5 Å². The number of aryl methyl sites for hydroxylation is 2. The van der Waals surface area contributed by atoms with Gasteiger partial charge in [0.15, 0.2) is 12.4 Å². The van der Waals surface area contributed by atoms with Gasteiger partial charge < -0.3 is 0 Å². The number of halogens is 3. The van der Waals surface area contributed by atoms with Crippen LogP contribution in [0.25, 0.3) is 17.0 Å². The third-order valence-electron chi connectivity index (χ3n) is 6.09. The van der Waals surface area contributed by atoms with E-state index in [4.69, 9.17) is 23.2 Å². The Labute approximate surface area is 221 Å². The third kappa shape index (κ3) is 4.08. The van der Waals surface area contributed by atoms with Crippen LogP contribution in [0.3, 0.4) is 0 Å². The fourth-order valence-corrected chi connectivity index (χ4v) is 4.66. The molecule has 2 aromatic carbocycles. The molecule has 4 aromatic rings. The second-order valence-electron chi connectivity index (χ2n) is 8.47. The van der Waals surface area contributed by atoms with Crippen LogP contribution in [-0.2, 0) is 16.0 Å². The molecule has 1 aliphatic heterocycles. The molecule has 0 saturated carbocycles. The topological polar surface area (TPSA) is 79.1 Å². The van der Waals surface area contributed by atoms with Crippen molar-refractivity contribution in [2.75, 3.05) is 4.90 Å². The minimum atomic E-state index is -0.800. The molecule has 0 unspecified atom stereocenters. The molecule has 1 aliphatic rings. The highest BCUT2D eigenvalue weighted by atomic mass is 35.5. The summed E-state index contributed by atoms with van der Waals surface area (Å²) in [5.74, 6) is -2.28. The van der Waals surface area contributed by atoms with Gasteiger partial charge in [-0.15, -0.1) is 0 Å². The Bertz CT molecular complexity index is 1690. The van der Waals surface area contributed by atoms with Gasteiger partial charge in [0.25, 0.3) is 17.2 Å². The Morgan fingerprint density at radius 2 is 1.73 bits per heavy atom. The number of para-hydroxylation sites is 1. The Morgan fingerprint density at radius 3 is 2.41 bits per heavy atom. The van der Waals surface area contributed by atoms with Gasteiger partial charge in [0, 0.05) is 17.3 Å². The Hall–Kier alpha value is -4.01. The average molecular weight is 538 g/mol. The molecule has 0 fully saturated rings. The summed E-state index contributed by atoms with van der Waals surface area (Å²) in [6.07, 6.45) is 3.62. The Balaban J connectivity index is 1.80. The van der Waals surface area contributed by atoms with Crippen molar-refractivity contribution in [3.8, 4) is 5.69 Å². The normalized spacial score (nSPS) is 13.7. The Kier molecular flexibility index (Phi) is 6.31. The van der Waals surface area contributed by atoms with Crippen LogP contribution in [0, 0.1) is 12.7 Å². The molecule has 0 bridgehead atoms. The maximum absolute atomic E-state index is 14.8. The standard InChI is InChI=1S/C27H19Cl2FN4O3/c1-3-20-22(26(36)34(31-20)16-10-11-17(28)18(29)13-16)23-24(32-12-6-7-15(2)14-32)27(37)33(25(23)35)21-9-5-4-8-19(21)30/h4-14H,3H2,1-2H3/p+1. The number of rotatable bonds is 5. The van der Waals surface area contributed by atoms with E-state index in [1.807, 2.05) is 19.9 Å². The zero-order chi connectivity index (χ0) is 26.4. The lowest BCUT2D eigenvalue weighted by molar-refractivity contribution is -0.577. The second kappa shape index (κ2) is 9.46. The largest absolute Gasteiger partial charge is 0.331 e. The summed E-state index contributed by atoms with van der Waals surface area (Å²) < 4.78 is 17.5. The van der Waals surface area contributed by atoms with Gasteiger partial charge in [-0.3, -0.25) is 19.5 Å². The van der Waals surface area contributed by atoms with E-state index in [9.17, 15) is 18.8 Å². The van der Waals surface area contributed by atoms with Crippen LogP contribution < -0.4 is 15.0 Å². The van der Waals surface area contributed by atoms with E-state index in [0.29, 0.717) is 22.8 Å². The summed E-state index contributed by atoms with van der Waals surface area (Å²) in [4.78, 5) is 42.2. The highest BCUT2D eigenvalue weighted by Gasteiger charge is 2.48. The highest BCUT2D eigenvalue weighted by Crippen LogP contribution is 2.35. The van der Waals surface area contributed by atoms with Gasteiger partial charge in [0.05, 0.1) is 27.0 Å². The lowest BCUT2D eigenvalue weighted by Gasteiger charge is -2.14. The fraction of sp³-hybridized carbons (Fsp3) is 0.111. The molecular weight excluding hydrogens is 518 g/mol. The molecule has 5 rings (SSSR count). The maximum Gasteiger partial charge on any atom is 0.331 e. The first kappa shape index (κ1) is 24.7. The number of carbonyl (C=O) groups excluding carboxylic acids is 2. The van der Waals surface area contributed by atoms with Crippen molar-refractivity contribution in [3.63, 3.8) is 0 Å². The molecule has 0 saturated heterocycles. The number of carbonyl (C=O) groups is 2. The van der Waals surface area contributed by atoms with Gasteiger partial charge in [-0.05, 0) is 49.7 Å². The van der Waals surface area contributed by atoms with E-state index in [1.54, 1.807) is 30.6 Å². The number of aromatic amines is 1. The number of hydrogen-bond acceptors (Lipinski definition) is 3. The van der Waals surface area contributed by atoms with E-state index >= 15 is 0 Å². The van der Waals surface area contributed by atoms with E-state index in [0.717, 1.165) is 10.5 Å². The number of nitrogens with one attached hydrogen (secondary N) is 1. The van der Waals surface area contributed by atoms with Crippen molar-refractivity contribution in [1.82, 2.24) is 9.78 Å². The number of anilines is 1. The third-order valence-corrected chi connectivity index (χ3v) is 6.83. The van der Waals surface area contributed by atoms with Gasteiger partial charge in [-0.1, -0.05) is 42.3 Å². The van der Waals surface area contributed by atoms with Gasteiger partial charge in [0.1, 0.15) is 11.4 Å². The zero-order valence-electron chi connectivity index (χ0n) is 19.8. The van der Waals surface area contributed by atoms with Gasteiger partial charge >= 0.3 is 5.91 Å².